The zero-order chi connectivity index (χ0) is 16.1. The Morgan fingerprint density at radius 3 is 2.41 bits per heavy atom. The standard InChI is InChI=1S/C17H15BrO4/c1-21-13-6-4-12(5-7-13)15(19)8-3-11-9-14(18)17(20)16(10-11)22-2/h3-10,20H,1-2H3. The highest BCUT2D eigenvalue weighted by molar-refractivity contribution is 9.10. The van der Waals surface area contributed by atoms with Gasteiger partial charge in [-0.1, -0.05) is 6.08 Å². The molecule has 0 bridgehead atoms. The minimum atomic E-state index is -0.120. The third-order valence-corrected chi connectivity index (χ3v) is 3.68. The van der Waals surface area contributed by atoms with Crippen LogP contribution in [-0.2, 0) is 0 Å². The number of aromatic hydroxyl groups is 1. The summed E-state index contributed by atoms with van der Waals surface area (Å²) in [5.74, 6) is 0.950. The predicted molar refractivity (Wildman–Crippen MR) is 88.7 cm³/mol. The number of carbonyl (C=O) groups excluding carboxylic acids is 1. The van der Waals surface area contributed by atoms with Crippen molar-refractivity contribution < 1.29 is 19.4 Å². The molecule has 0 fully saturated rings. The first-order chi connectivity index (χ1) is 10.5. The molecule has 0 atom stereocenters. The van der Waals surface area contributed by atoms with Crippen LogP contribution in [0, 0.1) is 0 Å². The van der Waals surface area contributed by atoms with E-state index in [4.69, 9.17) is 9.47 Å². The van der Waals surface area contributed by atoms with Gasteiger partial charge in [-0.25, -0.2) is 0 Å². The van der Waals surface area contributed by atoms with Gasteiger partial charge in [-0.15, -0.1) is 0 Å². The monoisotopic (exact) mass is 362 g/mol. The molecule has 0 aromatic heterocycles. The summed E-state index contributed by atoms with van der Waals surface area (Å²) in [5, 5.41) is 9.75. The molecule has 0 saturated carbocycles. The average molecular weight is 363 g/mol. The summed E-state index contributed by atoms with van der Waals surface area (Å²) in [5.41, 5.74) is 1.31. The lowest BCUT2D eigenvalue weighted by Crippen LogP contribution is -1.94. The molecule has 0 saturated heterocycles. The van der Waals surface area contributed by atoms with Gasteiger partial charge in [0.25, 0.3) is 0 Å². The second kappa shape index (κ2) is 7.13. The van der Waals surface area contributed by atoms with Crippen molar-refractivity contribution in [3.8, 4) is 17.2 Å². The van der Waals surface area contributed by atoms with E-state index in [2.05, 4.69) is 15.9 Å². The highest BCUT2D eigenvalue weighted by Gasteiger charge is 2.08. The summed E-state index contributed by atoms with van der Waals surface area (Å²) in [4.78, 5) is 12.1. The number of hydrogen-bond acceptors (Lipinski definition) is 4. The van der Waals surface area contributed by atoms with Crippen LogP contribution in [0.25, 0.3) is 6.08 Å². The van der Waals surface area contributed by atoms with Crippen LogP contribution in [-0.4, -0.2) is 25.1 Å². The molecule has 2 rings (SSSR count). The molecule has 0 radical (unpaired) electrons. The zero-order valence-electron chi connectivity index (χ0n) is 12.2. The van der Waals surface area contributed by atoms with Gasteiger partial charge >= 0.3 is 0 Å². The van der Waals surface area contributed by atoms with E-state index in [0.29, 0.717) is 21.5 Å². The smallest absolute Gasteiger partial charge is 0.185 e. The highest BCUT2D eigenvalue weighted by atomic mass is 79.9. The molecule has 0 spiro atoms. The number of halogens is 1. The molecule has 0 unspecified atom stereocenters. The van der Waals surface area contributed by atoms with Gasteiger partial charge in [0.1, 0.15) is 5.75 Å². The fourth-order valence-electron chi connectivity index (χ4n) is 1.87. The van der Waals surface area contributed by atoms with Gasteiger partial charge in [-0.05, 0) is 64.0 Å². The number of ketones is 1. The number of rotatable bonds is 5. The third-order valence-electron chi connectivity index (χ3n) is 3.07. The average Bonchev–Trinajstić information content (AvgIpc) is 2.55. The maximum atomic E-state index is 12.1. The first kappa shape index (κ1) is 16.1. The summed E-state index contributed by atoms with van der Waals surface area (Å²) in [6.07, 6.45) is 3.14. The summed E-state index contributed by atoms with van der Waals surface area (Å²) >= 11 is 3.24. The fraction of sp³-hybridized carbons (Fsp3) is 0.118. The van der Waals surface area contributed by atoms with Crippen LogP contribution in [0.4, 0.5) is 0 Å². The lowest BCUT2D eigenvalue weighted by atomic mass is 10.1. The number of hydrogen-bond donors (Lipinski definition) is 1. The van der Waals surface area contributed by atoms with E-state index in [1.54, 1.807) is 49.6 Å². The van der Waals surface area contributed by atoms with Crippen molar-refractivity contribution in [2.75, 3.05) is 14.2 Å². The number of carbonyl (C=O) groups is 1. The van der Waals surface area contributed by atoms with Crippen LogP contribution >= 0.6 is 15.9 Å². The van der Waals surface area contributed by atoms with E-state index in [1.807, 2.05) is 0 Å². The number of allylic oxidation sites excluding steroid dienone is 1. The lowest BCUT2D eigenvalue weighted by Gasteiger charge is -2.06. The molecular formula is C17H15BrO4. The van der Waals surface area contributed by atoms with Crippen molar-refractivity contribution in [3.05, 3.63) is 58.1 Å². The zero-order valence-corrected chi connectivity index (χ0v) is 13.8. The molecule has 0 aliphatic carbocycles. The first-order valence-electron chi connectivity index (χ1n) is 6.48. The van der Waals surface area contributed by atoms with Gasteiger partial charge in [0.05, 0.1) is 18.7 Å². The Balaban J connectivity index is 2.20. The van der Waals surface area contributed by atoms with Crippen LogP contribution < -0.4 is 9.47 Å². The van der Waals surface area contributed by atoms with Crippen molar-refractivity contribution in [3.63, 3.8) is 0 Å². The first-order valence-corrected chi connectivity index (χ1v) is 7.27. The van der Waals surface area contributed by atoms with Crippen LogP contribution in [0.3, 0.4) is 0 Å². The number of benzene rings is 2. The summed E-state index contributed by atoms with van der Waals surface area (Å²) in [7, 11) is 3.05. The molecule has 0 heterocycles. The van der Waals surface area contributed by atoms with Crippen LogP contribution in [0.5, 0.6) is 17.2 Å². The summed E-state index contributed by atoms with van der Waals surface area (Å²) < 4.78 is 10.6. The van der Waals surface area contributed by atoms with E-state index < -0.39 is 0 Å². The van der Waals surface area contributed by atoms with Gasteiger partial charge in [0.15, 0.2) is 17.3 Å². The molecule has 114 valence electrons. The van der Waals surface area contributed by atoms with Crippen LogP contribution in [0.1, 0.15) is 15.9 Å². The normalized spacial score (nSPS) is 10.7. The molecule has 1 N–H and O–H groups in total. The SMILES string of the molecule is COc1ccc(C(=O)C=Cc2cc(Br)c(O)c(OC)c2)cc1. The lowest BCUT2D eigenvalue weighted by molar-refractivity contribution is 0.104. The van der Waals surface area contributed by atoms with E-state index >= 15 is 0 Å². The largest absolute Gasteiger partial charge is 0.503 e. The molecule has 5 heteroatoms. The molecule has 0 aliphatic rings. The fourth-order valence-corrected chi connectivity index (χ4v) is 2.33. The Labute approximate surface area is 137 Å². The number of phenolic OH excluding ortho intramolecular Hbond substituents is 1. The van der Waals surface area contributed by atoms with Crippen LogP contribution in [0.15, 0.2) is 46.9 Å². The maximum absolute atomic E-state index is 12.1. The highest BCUT2D eigenvalue weighted by Crippen LogP contribution is 2.35. The minimum absolute atomic E-state index is 0.0288. The van der Waals surface area contributed by atoms with Crippen molar-refractivity contribution in [2.24, 2.45) is 0 Å². The molecule has 22 heavy (non-hydrogen) atoms. The third kappa shape index (κ3) is 3.68. The Morgan fingerprint density at radius 1 is 1.14 bits per heavy atom. The molecule has 2 aromatic carbocycles. The topological polar surface area (TPSA) is 55.8 Å². The second-order valence-electron chi connectivity index (χ2n) is 4.48. The summed E-state index contributed by atoms with van der Waals surface area (Å²) in [6, 6.07) is 10.2. The van der Waals surface area contributed by atoms with Crippen molar-refractivity contribution in [1.29, 1.82) is 0 Å². The van der Waals surface area contributed by atoms with Gasteiger partial charge < -0.3 is 14.6 Å². The minimum Gasteiger partial charge on any atom is -0.503 e. The van der Waals surface area contributed by atoms with Gasteiger partial charge in [0.2, 0.25) is 0 Å². The number of phenols is 1. The van der Waals surface area contributed by atoms with Gasteiger partial charge in [-0.3, -0.25) is 4.79 Å². The van der Waals surface area contributed by atoms with E-state index in [9.17, 15) is 9.90 Å². The van der Waals surface area contributed by atoms with Crippen molar-refractivity contribution in [2.45, 2.75) is 0 Å². The Morgan fingerprint density at radius 2 is 1.82 bits per heavy atom. The Hall–Kier alpha value is -2.27. The second-order valence-corrected chi connectivity index (χ2v) is 5.33. The van der Waals surface area contributed by atoms with Crippen molar-refractivity contribution in [1.82, 2.24) is 0 Å². The molecule has 2 aromatic rings. The van der Waals surface area contributed by atoms with Gasteiger partial charge in [0, 0.05) is 5.56 Å². The van der Waals surface area contributed by atoms with E-state index in [0.717, 1.165) is 5.56 Å². The van der Waals surface area contributed by atoms with E-state index in [1.165, 1.54) is 13.2 Å². The molecular weight excluding hydrogens is 348 g/mol. The Kier molecular flexibility index (Phi) is 5.22. The summed E-state index contributed by atoms with van der Waals surface area (Å²) in [6.45, 7) is 0. The van der Waals surface area contributed by atoms with Crippen LogP contribution in [0.2, 0.25) is 0 Å². The van der Waals surface area contributed by atoms with Crippen molar-refractivity contribution >= 4 is 27.8 Å². The molecule has 0 amide bonds. The van der Waals surface area contributed by atoms with E-state index in [-0.39, 0.29) is 11.5 Å². The number of ether oxygens (including phenoxy) is 2. The van der Waals surface area contributed by atoms with Gasteiger partial charge in [-0.2, -0.15) is 0 Å². The maximum Gasteiger partial charge on any atom is 0.185 e. The Bertz CT molecular complexity index is 705. The number of methoxy groups -OCH3 is 2. The molecule has 4 nitrogen and oxygen atoms in total. The molecule has 0 aliphatic heterocycles. The predicted octanol–water partition coefficient (Wildman–Crippen LogP) is 4.07. The quantitative estimate of drug-likeness (QED) is 0.643.